The highest BCUT2D eigenvalue weighted by atomic mass is 16.1. The average Bonchev–Trinajstić information content (AvgIpc) is 2.30. The van der Waals surface area contributed by atoms with Crippen molar-refractivity contribution >= 4 is 5.91 Å². The predicted octanol–water partition coefficient (Wildman–Crippen LogP) is 0.906. The third-order valence-corrected chi connectivity index (χ3v) is 2.88. The van der Waals surface area contributed by atoms with E-state index >= 15 is 0 Å². The monoisotopic (exact) mass is 219 g/mol. The van der Waals surface area contributed by atoms with E-state index in [0.717, 1.165) is 25.9 Å². The molecule has 1 aliphatic rings. The van der Waals surface area contributed by atoms with Crippen molar-refractivity contribution < 1.29 is 4.79 Å². The van der Waals surface area contributed by atoms with Gasteiger partial charge in [0, 0.05) is 25.0 Å². The minimum absolute atomic E-state index is 0.0200. The van der Waals surface area contributed by atoms with Gasteiger partial charge in [0.15, 0.2) is 0 Å². The quantitative estimate of drug-likeness (QED) is 0.804. The number of amides is 1. The van der Waals surface area contributed by atoms with E-state index in [0.29, 0.717) is 5.56 Å². The summed E-state index contributed by atoms with van der Waals surface area (Å²) in [5.41, 5.74) is 0.635. The minimum atomic E-state index is -0.0200. The molecule has 16 heavy (non-hydrogen) atoms. The Kier molecular flexibility index (Phi) is 3.51. The van der Waals surface area contributed by atoms with Gasteiger partial charge >= 0.3 is 0 Å². The summed E-state index contributed by atoms with van der Waals surface area (Å²) in [6.07, 6.45) is 5.48. The summed E-state index contributed by atoms with van der Waals surface area (Å²) in [5, 5.41) is 3.04. The lowest BCUT2D eigenvalue weighted by Crippen LogP contribution is -2.46. The Morgan fingerprint density at radius 1 is 1.62 bits per heavy atom. The SMILES string of the molecule is CN1CCCC(NC(=O)c2cccnc2)C1. The molecule has 1 N–H and O–H groups in total. The first-order valence-electron chi connectivity index (χ1n) is 5.65. The number of carbonyl (C=O) groups is 1. The standard InChI is InChI=1S/C12H17N3O/c1-15-7-3-5-11(9-15)14-12(16)10-4-2-6-13-8-10/h2,4,6,8,11H,3,5,7,9H2,1H3,(H,14,16). The Hall–Kier alpha value is -1.42. The van der Waals surface area contributed by atoms with Crippen LogP contribution >= 0.6 is 0 Å². The molecule has 0 radical (unpaired) electrons. The fourth-order valence-electron chi connectivity index (χ4n) is 2.05. The van der Waals surface area contributed by atoms with Crippen LogP contribution < -0.4 is 5.32 Å². The molecule has 0 spiro atoms. The van der Waals surface area contributed by atoms with Gasteiger partial charge in [-0.2, -0.15) is 0 Å². The van der Waals surface area contributed by atoms with Crippen LogP contribution in [0.2, 0.25) is 0 Å². The maximum Gasteiger partial charge on any atom is 0.253 e. The minimum Gasteiger partial charge on any atom is -0.348 e. The first-order valence-corrected chi connectivity index (χ1v) is 5.65. The summed E-state index contributed by atoms with van der Waals surface area (Å²) in [6.45, 7) is 2.06. The van der Waals surface area contributed by atoms with Crippen LogP contribution in [0.25, 0.3) is 0 Å². The van der Waals surface area contributed by atoms with Crippen molar-refractivity contribution in [2.24, 2.45) is 0 Å². The van der Waals surface area contributed by atoms with Gasteiger partial charge < -0.3 is 10.2 Å². The molecule has 1 amide bonds. The van der Waals surface area contributed by atoms with Crippen LogP contribution in [0, 0.1) is 0 Å². The molecule has 1 fully saturated rings. The lowest BCUT2D eigenvalue weighted by molar-refractivity contribution is 0.0912. The zero-order valence-corrected chi connectivity index (χ0v) is 9.52. The third-order valence-electron chi connectivity index (χ3n) is 2.88. The highest BCUT2D eigenvalue weighted by molar-refractivity contribution is 5.94. The van der Waals surface area contributed by atoms with Crippen LogP contribution in [-0.4, -0.2) is 42.0 Å². The van der Waals surface area contributed by atoms with E-state index in [2.05, 4.69) is 22.2 Å². The van der Waals surface area contributed by atoms with Gasteiger partial charge in [0.05, 0.1) is 5.56 Å². The van der Waals surface area contributed by atoms with Crippen molar-refractivity contribution in [2.75, 3.05) is 20.1 Å². The normalized spacial score (nSPS) is 21.7. The van der Waals surface area contributed by atoms with E-state index in [4.69, 9.17) is 0 Å². The Balaban J connectivity index is 1.92. The van der Waals surface area contributed by atoms with Gasteiger partial charge in [0.2, 0.25) is 0 Å². The molecule has 0 aliphatic carbocycles. The number of nitrogens with zero attached hydrogens (tertiary/aromatic N) is 2. The second kappa shape index (κ2) is 5.07. The summed E-state index contributed by atoms with van der Waals surface area (Å²) in [6, 6.07) is 3.84. The lowest BCUT2D eigenvalue weighted by atomic mass is 10.1. The molecule has 1 atom stereocenters. The van der Waals surface area contributed by atoms with E-state index in [-0.39, 0.29) is 11.9 Å². The molecule has 0 saturated carbocycles. The van der Waals surface area contributed by atoms with Crippen molar-refractivity contribution in [3.63, 3.8) is 0 Å². The first kappa shape index (κ1) is 11.1. The molecule has 0 aromatic carbocycles. The highest BCUT2D eigenvalue weighted by Crippen LogP contribution is 2.08. The van der Waals surface area contributed by atoms with Crippen LogP contribution in [0.3, 0.4) is 0 Å². The number of hydrogen-bond acceptors (Lipinski definition) is 3. The number of carbonyl (C=O) groups excluding carboxylic acids is 1. The fraction of sp³-hybridized carbons (Fsp3) is 0.500. The number of likely N-dealkylation sites (tertiary alicyclic amines) is 1. The molecule has 4 nitrogen and oxygen atoms in total. The number of rotatable bonds is 2. The van der Waals surface area contributed by atoms with E-state index in [1.165, 1.54) is 0 Å². The lowest BCUT2D eigenvalue weighted by Gasteiger charge is -2.30. The van der Waals surface area contributed by atoms with Crippen molar-refractivity contribution in [2.45, 2.75) is 18.9 Å². The number of nitrogens with one attached hydrogen (secondary N) is 1. The molecular formula is C12H17N3O. The summed E-state index contributed by atoms with van der Waals surface area (Å²) in [5.74, 6) is -0.0200. The number of piperidine rings is 1. The number of aromatic nitrogens is 1. The topological polar surface area (TPSA) is 45.2 Å². The molecular weight excluding hydrogens is 202 g/mol. The number of likely N-dealkylation sites (N-methyl/N-ethyl adjacent to an activating group) is 1. The molecule has 2 rings (SSSR count). The van der Waals surface area contributed by atoms with Gasteiger partial charge in [-0.1, -0.05) is 0 Å². The van der Waals surface area contributed by atoms with E-state index in [1.807, 2.05) is 0 Å². The first-order chi connectivity index (χ1) is 7.75. The van der Waals surface area contributed by atoms with Gasteiger partial charge in [-0.15, -0.1) is 0 Å². The van der Waals surface area contributed by atoms with E-state index in [1.54, 1.807) is 24.5 Å². The van der Waals surface area contributed by atoms with Gasteiger partial charge in [-0.3, -0.25) is 9.78 Å². The smallest absolute Gasteiger partial charge is 0.253 e. The Labute approximate surface area is 95.7 Å². The predicted molar refractivity (Wildman–Crippen MR) is 62.2 cm³/mol. The van der Waals surface area contributed by atoms with Crippen LogP contribution in [-0.2, 0) is 0 Å². The van der Waals surface area contributed by atoms with Crippen molar-refractivity contribution in [1.29, 1.82) is 0 Å². The Bertz CT molecular complexity index is 353. The molecule has 1 unspecified atom stereocenters. The van der Waals surface area contributed by atoms with Crippen LogP contribution in [0.4, 0.5) is 0 Å². The summed E-state index contributed by atoms with van der Waals surface area (Å²) in [7, 11) is 2.09. The summed E-state index contributed by atoms with van der Waals surface area (Å²) >= 11 is 0. The second-order valence-electron chi connectivity index (χ2n) is 4.32. The Morgan fingerprint density at radius 3 is 3.19 bits per heavy atom. The molecule has 0 bridgehead atoms. The molecule has 1 aromatic rings. The van der Waals surface area contributed by atoms with Crippen LogP contribution in [0.1, 0.15) is 23.2 Å². The molecule has 2 heterocycles. The molecule has 4 heteroatoms. The van der Waals surface area contributed by atoms with Crippen molar-refractivity contribution in [3.05, 3.63) is 30.1 Å². The molecule has 1 saturated heterocycles. The van der Waals surface area contributed by atoms with Gasteiger partial charge in [0.1, 0.15) is 0 Å². The highest BCUT2D eigenvalue weighted by Gasteiger charge is 2.19. The van der Waals surface area contributed by atoms with Crippen molar-refractivity contribution in [3.8, 4) is 0 Å². The van der Waals surface area contributed by atoms with Gasteiger partial charge in [-0.25, -0.2) is 0 Å². The molecule has 86 valence electrons. The molecule has 1 aliphatic heterocycles. The average molecular weight is 219 g/mol. The zero-order chi connectivity index (χ0) is 11.4. The van der Waals surface area contributed by atoms with Crippen molar-refractivity contribution in [1.82, 2.24) is 15.2 Å². The summed E-state index contributed by atoms with van der Waals surface area (Å²) < 4.78 is 0. The molecule has 1 aromatic heterocycles. The largest absolute Gasteiger partial charge is 0.348 e. The second-order valence-corrected chi connectivity index (χ2v) is 4.32. The van der Waals surface area contributed by atoms with Crippen LogP contribution in [0.5, 0.6) is 0 Å². The zero-order valence-electron chi connectivity index (χ0n) is 9.52. The van der Waals surface area contributed by atoms with Gasteiger partial charge in [-0.05, 0) is 38.6 Å². The van der Waals surface area contributed by atoms with Gasteiger partial charge in [0.25, 0.3) is 5.91 Å². The number of pyridine rings is 1. The van der Waals surface area contributed by atoms with E-state index in [9.17, 15) is 4.79 Å². The Morgan fingerprint density at radius 2 is 2.50 bits per heavy atom. The van der Waals surface area contributed by atoms with Crippen LogP contribution in [0.15, 0.2) is 24.5 Å². The maximum atomic E-state index is 11.8. The summed E-state index contributed by atoms with van der Waals surface area (Å²) in [4.78, 5) is 18.0. The van der Waals surface area contributed by atoms with E-state index < -0.39 is 0 Å². The maximum absolute atomic E-state index is 11.8. The fourth-order valence-corrected chi connectivity index (χ4v) is 2.05. The third kappa shape index (κ3) is 2.79. The number of hydrogen-bond donors (Lipinski definition) is 1.